The average Bonchev–Trinajstić information content (AvgIpc) is 3.13. The third-order valence-electron chi connectivity index (χ3n) is 4.49. The molecule has 3 amide bonds. The maximum absolute atomic E-state index is 12.3. The van der Waals surface area contributed by atoms with E-state index in [1.165, 1.54) is 24.3 Å². The number of carbonyl (C=O) groups excluding carboxylic acids is 4. The molecule has 12 heteroatoms. The summed E-state index contributed by atoms with van der Waals surface area (Å²) in [6.07, 6.45) is -0.175. The SMILES string of the molecule is O=C(COC(=O)[C@H]1CC(=O)N(NC(=O)c2ccc(Br)cc2)C1)Nc1cccc([N+](=O)[O-])c1. The fraction of sp³-hybridized carbons (Fsp3) is 0.200. The number of rotatable bonds is 7. The van der Waals surface area contributed by atoms with E-state index in [9.17, 15) is 29.3 Å². The van der Waals surface area contributed by atoms with Crippen molar-refractivity contribution in [3.8, 4) is 0 Å². The van der Waals surface area contributed by atoms with Gasteiger partial charge in [-0.3, -0.25) is 39.7 Å². The highest BCUT2D eigenvalue weighted by Gasteiger charge is 2.36. The highest BCUT2D eigenvalue weighted by molar-refractivity contribution is 9.10. The van der Waals surface area contributed by atoms with Gasteiger partial charge in [0.25, 0.3) is 17.5 Å². The zero-order valence-electron chi connectivity index (χ0n) is 16.4. The van der Waals surface area contributed by atoms with Crippen molar-refractivity contribution in [2.45, 2.75) is 6.42 Å². The Kier molecular flexibility index (Phi) is 7.15. The van der Waals surface area contributed by atoms with E-state index >= 15 is 0 Å². The number of halogens is 1. The smallest absolute Gasteiger partial charge is 0.311 e. The molecule has 0 spiro atoms. The summed E-state index contributed by atoms with van der Waals surface area (Å²) in [6.45, 7) is -0.718. The van der Waals surface area contributed by atoms with Crippen molar-refractivity contribution in [3.05, 3.63) is 68.7 Å². The van der Waals surface area contributed by atoms with Crippen LogP contribution in [0.2, 0.25) is 0 Å². The van der Waals surface area contributed by atoms with Crippen LogP contribution in [-0.4, -0.2) is 46.8 Å². The highest BCUT2D eigenvalue weighted by Crippen LogP contribution is 2.19. The maximum Gasteiger partial charge on any atom is 0.311 e. The first-order valence-electron chi connectivity index (χ1n) is 9.31. The standard InChI is InChI=1S/C20H17BrN4O7/c21-14-6-4-12(5-7-14)19(28)23-24-10-13(8-18(24)27)20(29)32-11-17(26)22-15-2-1-3-16(9-15)25(30)31/h1-7,9,13H,8,10-11H2,(H,22,26)(H,23,28)/t13-/m0/s1. The lowest BCUT2D eigenvalue weighted by Gasteiger charge is -2.17. The summed E-state index contributed by atoms with van der Waals surface area (Å²) in [5.74, 6) is -3.27. The van der Waals surface area contributed by atoms with Gasteiger partial charge in [0.2, 0.25) is 5.91 Å². The zero-order chi connectivity index (χ0) is 23.3. The summed E-state index contributed by atoms with van der Waals surface area (Å²) < 4.78 is 5.75. The molecule has 1 heterocycles. The predicted octanol–water partition coefficient (Wildman–Crippen LogP) is 2.03. The fourth-order valence-corrected chi connectivity index (χ4v) is 3.18. The minimum Gasteiger partial charge on any atom is -0.455 e. The second-order valence-corrected chi connectivity index (χ2v) is 7.73. The number of nitrogens with one attached hydrogen (secondary N) is 2. The van der Waals surface area contributed by atoms with Gasteiger partial charge in [0.15, 0.2) is 6.61 Å². The molecule has 0 bridgehead atoms. The van der Waals surface area contributed by atoms with Gasteiger partial charge in [-0.1, -0.05) is 22.0 Å². The van der Waals surface area contributed by atoms with Crippen LogP contribution in [0.4, 0.5) is 11.4 Å². The van der Waals surface area contributed by atoms with Crippen LogP contribution in [0.1, 0.15) is 16.8 Å². The molecule has 1 aliphatic rings. The first kappa shape index (κ1) is 22.9. The molecule has 0 saturated carbocycles. The van der Waals surface area contributed by atoms with Crippen LogP contribution in [-0.2, 0) is 19.1 Å². The molecule has 1 atom stereocenters. The number of ether oxygens (including phenoxy) is 1. The Morgan fingerprint density at radius 1 is 1.19 bits per heavy atom. The van der Waals surface area contributed by atoms with Crippen LogP contribution < -0.4 is 10.7 Å². The Morgan fingerprint density at radius 3 is 2.59 bits per heavy atom. The lowest BCUT2D eigenvalue weighted by molar-refractivity contribution is -0.384. The minimum absolute atomic E-state index is 0.0908. The third-order valence-corrected chi connectivity index (χ3v) is 5.02. The monoisotopic (exact) mass is 504 g/mol. The molecule has 0 radical (unpaired) electrons. The van der Waals surface area contributed by atoms with Crippen LogP contribution in [0.3, 0.4) is 0 Å². The van der Waals surface area contributed by atoms with Crippen molar-refractivity contribution < 1.29 is 28.8 Å². The molecule has 32 heavy (non-hydrogen) atoms. The van der Waals surface area contributed by atoms with Gasteiger partial charge < -0.3 is 10.1 Å². The van der Waals surface area contributed by atoms with E-state index in [-0.39, 0.29) is 24.3 Å². The van der Waals surface area contributed by atoms with E-state index in [2.05, 4.69) is 26.7 Å². The topological polar surface area (TPSA) is 148 Å². The molecule has 2 N–H and O–H groups in total. The largest absolute Gasteiger partial charge is 0.455 e. The zero-order valence-corrected chi connectivity index (χ0v) is 18.0. The van der Waals surface area contributed by atoms with Crippen molar-refractivity contribution in [3.63, 3.8) is 0 Å². The van der Waals surface area contributed by atoms with Crippen LogP contribution >= 0.6 is 15.9 Å². The first-order chi connectivity index (χ1) is 15.2. The number of carbonyl (C=O) groups is 4. The van der Waals surface area contributed by atoms with Crippen molar-refractivity contribution in [2.75, 3.05) is 18.5 Å². The van der Waals surface area contributed by atoms with Gasteiger partial charge in [0, 0.05) is 34.3 Å². The Balaban J connectivity index is 1.48. The van der Waals surface area contributed by atoms with E-state index in [0.717, 1.165) is 9.48 Å². The van der Waals surface area contributed by atoms with Crippen molar-refractivity contribution >= 4 is 51.0 Å². The van der Waals surface area contributed by atoms with E-state index in [0.29, 0.717) is 5.56 Å². The van der Waals surface area contributed by atoms with Crippen LogP contribution in [0.15, 0.2) is 53.0 Å². The van der Waals surface area contributed by atoms with Gasteiger partial charge in [-0.25, -0.2) is 0 Å². The second-order valence-electron chi connectivity index (χ2n) is 6.82. The number of nitro groups is 1. The lowest BCUT2D eigenvalue weighted by Crippen LogP contribution is -2.43. The van der Waals surface area contributed by atoms with E-state index in [1.54, 1.807) is 24.3 Å². The summed E-state index contributed by atoms with van der Waals surface area (Å²) in [4.78, 5) is 58.8. The van der Waals surface area contributed by atoms with Crippen LogP contribution in [0, 0.1) is 16.0 Å². The fourth-order valence-electron chi connectivity index (χ4n) is 2.91. The molecule has 2 aromatic carbocycles. The Labute approximate surface area is 190 Å². The summed E-state index contributed by atoms with van der Waals surface area (Å²) in [6, 6.07) is 11.8. The summed E-state index contributed by atoms with van der Waals surface area (Å²) in [7, 11) is 0. The number of amides is 3. The number of nitro benzene ring substituents is 1. The van der Waals surface area contributed by atoms with Crippen LogP contribution in [0.25, 0.3) is 0 Å². The number of hydrazine groups is 1. The molecular weight excluding hydrogens is 488 g/mol. The normalized spacial score (nSPS) is 15.2. The number of anilines is 1. The van der Waals surface area contributed by atoms with E-state index < -0.39 is 41.1 Å². The molecule has 11 nitrogen and oxygen atoms in total. The summed E-state index contributed by atoms with van der Waals surface area (Å²) >= 11 is 3.27. The Morgan fingerprint density at radius 2 is 1.91 bits per heavy atom. The molecule has 2 aromatic rings. The molecule has 0 aliphatic carbocycles. The van der Waals surface area contributed by atoms with Crippen molar-refractivity contribution in [1.29, 1.82) is 0 Å². The van der Waals surface area contributed by atoms with Gasteiger partial charge in [-0.05, 0) is 30.3 Å². The highest BCUT2D eigenvalue weighted by atomic mass is 79.9. The summed E-state index contributed by atoms with van der Waals surface area (Å²) in [5.41, 5.74) is 2.77. The molecular formula is C20H17BrN4O7. The van der Waals surface area contributed by atoms with Gasteiger partial charge in [-0.2, -0.15) is 0 Å². The third kappa shape index (κ3) is 5.88. The molecule has 1 fully saturated rings. The second kappa shape index (κ2) is 10.0. The molecule has 0 aromatic heterocycles. The minimum atomic E-state index is -0.849. The van der Waals surface area contributed by atoms with Crippen LogP contribution in [0.5, 0.6) is 0 Å². The number of hydrogen-bond donors (Lipinski definition) is 2. The summed E-state index contributed by atoms with van der Waals surface area (Å²) in [5, 5.41) is 14.2. The van der Waals surface area contributed by atoms with Gasteiger partial charge >= 0.3 is 5.97 Å². The van der Waals surface area contributed by atoms with Gasteiger partial charge in [-0.15, -0.1) is 0 Å². The number of benzene rings is 2. The van der Waals surface area contributed by atoms with E-state index in [4.69, 9.17) is 4.74 Å². The predicted molar refractivity (Wildman–Crippen MR) is 114 cm³/mol. The van der Waals surface area contributed by atoms with Crippen molar-refractivity contribution in [1.82, 2.24) is 10.4 Å². The molecule has 166 valence electrons. The maximum atomic E-state index is 12.3. The quantitative estimate of drug-likeness (QED) is 0.332. The van der Waals surface area contributed by atoms with Gasteiger partial charge in [0.05, 0.1) is 17.4 Å². The first-order valence-corrected chi connectivity index (χ1v) is 10.1. The number of hydrogen-bond acceptors (Lipinski definition) is 7. The Hall–Kier alpha value is -3.80. The number of non-ortho nitro benzene ring substituents is 1. The number of nitrogens with zero attached hydrogens (tertiary/aromatic N) is 2. The molecule has 1 aliphatic heterocycles. The average molecular weight is 505 g/mol. The van der Waals surface area contributed by atoms with Crippen molar-refractivity contribution in [2.24, 2.45) is 5.92 Å². The molecule has 3 rings (SSSR count). The number of esters is 1. The van der Waals surface area contributed by atoms with Gasteiger partial charge in [0.1, 0.15) is 0 Å². The molecule has 1 saturated heterocycles. The molecule has 0 unspecified atom stereocenters. The Bertz CT molecular complexity index is 1070. The van der Waals surface area contributed by atoms with E-state index in [1.807, 2.05) is 0 Å². The lowest BCUT2D eigenvalue weighted by atomic mass is 10.1.